The molecule has 0 amide bonds. The van der Waals surface area contributed by atoms with Gasteiger partial charge in [0.05, 0.1) is 11.7 Å². The minimum Gasteiger partial charge on any atom is -0.378 e. The first-order chi connectivity index (χ1) is 7.71. The normalized spacial score (nSPS) is 36.8. The molecule has 0 aromatic rings. The Morgan fingerprint density at radius 2 is 2.25 bits per heavy atom. The van der Waals surface area contributed by atoms with Crippen LogP contribution in [0.5, 0.6) is 0 Å². The average molecular weight is 227 g/mol. The maximum atomic E-state index is 6.23. The van der Waals surface area contributed by atoms with Gasteiger partial charge in [0.15, 0.2) is 0 Å². The van der Waals surface area contributed by atoms with Gasteiger partial charge in [-0.2, -0.15) is 0 Å². The van der Waals surface area contributed by atoms with Crippen molar-refractivity contribution in [1.82, 2.24) is 0 Å². The molecule has 0 aliphatic carbocycles. The summed E-state index contributed by atoms with van der Waals surface area (Å²) in [7, 11) is 0. The van der Waals surface area contributed by atoms with Crippen LogP contribution in [-0.4, -0.2) is 31.0 Å². The molecule has 3 unspecified atom stereocenters. The molecule has 3 atom stereocenters. The van der Waals surface area contributed by atoms with Crippen molar-refractivity contribution in [3.63, 3.8) is 0 Å². The fourth-order valence-electron chi connectivity index (χ4n) is 2.84. The molecule has 2 heterocycles. The highest BCUT2D eigenvalue weighted by molar-refractivity contribution is 4.90. The van der Waals surface area contributed by atoms with Crippen LogP contribution in [-0.2, 0) is 9.47 Å². The number of hydrogen-bond donors (Lipinski definition) is 1. The number of nitrogens with two attached hydrogens (primary N) is 1. The molecule has 2 fully saturated rings. The minimum atomic E-state index is -0.0590. The highest BCUT2D eigenvalue weighted by Gasteiger charge is 2.35. The highest BCUT2D eigenvalue weighted by Crippen LogP contribution is 2.30. The third kappa shape index (κ3) is 2.96. The first kappa shape index (κ1) is 12.3. The molecule has 0 bridgehead atoms. The Morgan fingerprint density at radius 3 is 2.88 bits per heavy atom. The maximum absolute atomic E-state index is 6.23. The van der Waals surface area contributed by atoms with Crippen molar-refractivity contribution >= 4 is 0 Å². The molecule has 2 aliphatic heterocycles. The predicted octanol–water partition coefficient (Wildman–Crippen LogP) is 2.23. The van der Waals surface area contributed by atoms with E-state index in [9.17, 15) is 0 Å². The molecule has 0 spiro atoms. The molecule has 2 aliphatic rings. The standard InChI is InChI=1S/C13H25NO2/c1-13(8-4-10-16-13)12(14)7-2-5-11-6-3-9-15-11/h11-12H,2-10,14H2,1H3. The van der Waals surface area contributed by atoms with E-state index in [0.29, 0.717) is 6.10 Å². The van der Waals surface area contributed by atoms with Gasteiger partial charge < -0.3 is 15.2 Å². The Morgan fingerprint density at radius 1 is 1.38 bits per heavy atom. The van der Waals surface area contributed by atoms with E-state index in [4.69, 9.17) is 15.2 Å². The van der Waals surface area contributed by atoms with E-state index in [-0.39, 0.29) is 11.6 Å². The summed E-state index contributed by atoms with van der Waals surface area (Å²) in [4.78, 5) is 0. The topological polar surface area (TPSA) is 44.5 Å². The largest absolute Gasteiger partial charge is 0.378 e. The van der Waals surface area contributed by atoms with Gasteiger partial charge in [0.1, 0.15) is 0 Å². The summed E-state index contributed by atoms with van der Waals surface area (Å²) in [5.74, 6) is 0. The molecule has 2 rings (SSSR count). The molecule has 0 saturated carbocycles. The monoisotopic (exact) mass is 227 g/mol. The molecule has 0 aromatic carbocycles. The van der Waals surface area contributed by atoms with Gasteiger partial charge in [-0.1, -0.05) is 0 Å². The molecule has 94 valence electrons. The quantitative estimate of drug-likeness (QED) is 0.783. The minimum absolute atomic E-state index is 0.0590. The van der Waals surface area contributed by atoms with Crippen LogP contribution >= 0.6 is 0 Å². The Kier molecular flexibility index (Phi) is 4.22. The summed E-state index contributed by atoms with van der Waals surface area (Å²) < 4.78 is 11.4. The van der Waals surface area contributed by atoms with Gasteiger partial charge in [-0.15, -0.1) is 0 Å². The molecule has 2 N–H and O–H groups in total. The first-order valence-corrected chi connectivity index (χ1v) is 6.72. The Hall–Kier alpha value is -0.120. The number of ether oxygens (including phenoxy) is 2. The molecule has 3 nitrogen and oxygen atoms in total. The Bertz CT molecular complexity index is 208. The SMILES string of the molecule is CC1(C(N)CCCC2CCCO2)CCCO1. The summed E-state index contributed by atoms with van der Waals surface area (Å²) in [5, 5.41) is 0. The van der Waals surface area contributed by atoms with E-state index in [1.54, 1.807) is 0 Å². The lowest BCUT2D eigenvalue weighted by Gasteiger charge is -2.30. The summed E-state index contributed by atoms with van der Waals surface area (Å²) in [6.07, 6.45) is 8.67. The summed E-state index contributed by atoms with van der Waals surface area (Å²) >= 11 is 0. The van der Waals surface area contributed by atoms with Crippen molar-refractivity contribution in [3.8, 4) is 0 Å². The third-order valence-corrected chi connectivity index (χ3v) is 4.10. The van der Waals surface area contributed by atoms with Gasteiger partial charge in [0.25, 0.3) is 0 Å². The van der Waals surface area contributed by atoms with Crippen LogP contribution in [0.3, 0.4) is 0 Å². The maximum Gasteiger partial charge on any atom is 0.0805 e. The lowest BCUT2D eigenvalue weighted by atomic mass is 9.89. The fourth-order valence-corrected chi connectivity index (χ4v) is 2.84. The van der Waals surface area contributed by atoms with Crippen LogP contribution < -0.4 is 5.73 Å². The van der Waals surface area contributed by atoms with Gasteiger partial charge in [-0.05, 0) is 51.9 Å². The van der Waals surface area contributed by atoms with Crippen LogP contribution in [0.1, 0.15) is 51.9 Å². The van der Waals surface area contributed by atoms with Crippen molar-refractivity contribution in [2.75, 3.05) is 13.2 Å². The lowest BCUT2D eigenvalue weighted by molar-refractivity contribution is -0.00466. The summed E-state index contributed by atoms with van der Waals surface area (Å²) in [6, 6.07) is 0.191. The van der Waals surface area contributed by atoms with Crippen LogP contribution in [0.25, 0.3) is 0 Å². The average Bonchev–Trinajstić information content (AvgIpc) is 2.90. The zero-order valence-electron chi connectivity index (χ0n) is 10.4. The second kappa shape index (κ2) is 5.48. The molecule has 0 radical (unpaired) electrons. The Balaban J connectivity index is 1.64. The third-order valence-electron chi connectivity index (χ3n) is 4.10. The van der Waals surface area contributed by atoms with Gasteiger partial charge >= 0.3 is 0 Å². The van der Waals surface area contributed by atoms with Crippen LogP contribution in [0.15, 0.2) is 0 Å². The van der Waals surface area contributed by atoms with Crippen molar-refractivity contribution < 1.29 is 9.47 Å². The predicted molar refractivity (Wildman–Crippen MR) is 64.4 cm³/mol. The number of hydrogen-bond acceptors (Lipinski definition) is 3. The smallest absolute Gasteiger partial charge is 0.0805 e. The van der Waals surface area contributed by atoms with Gasteiger partial charge in [0, 0.05) is 19.3 Å². The van der Waals surface area contributed by atoms with E-state index < -0.39 is 0 Å². The molecular formula is C13H25NO2. The van der Waals surface area contributed by atoms with E-state index in [1.807, 2.05) is 0 Å². The first-order valence-electron chi connectivity index (χ1n) is 6.72. The zero-order chi connectivity index (χ0) is 11.4. The molecule has 3 heteroatoms. The van der Waals surface area contributed by atoms with E-state index in [1.165, 1.54) is 25.7 Å². The second-order valence-electron chi connectivity index (χ2n) is 5.44. The van der Waals surface area contributed by atoms with Crippen molar-refractivity contribution in [1.29, 1.82) is 0 Å². The summed E-state index contributed by atoms with van der Waals surface area (Å²) in [6.45, 7) is 4.00. The number of rotatable bonds is 5. The van der Waals surface area contributed by atoms with E-state index >= 15 is 0 Å². The molecular weight excluding hydrogens is 202 g/mol. The van der Waals surface area contributed by atoms with Crippen LogP contribution in [0.2, 0.25) is 0 Å². The molecule has 2 saturated heterocycles. The van der Waals surface area contributed by atoms with Crippen molar-refractivity contribution in [3.05, 3.63) is 0 Å². The van der Waals surface area contributed by atoms with Gasteiger partial charge in [-0.25, -0.2) is 0 Å². The van der Waals surface area contributed by atoms with Crippen LogP contribution in [0, 0.1) is 0 Å². The van der Waals surface area contributed by atoms with E-state index in [2.05, 4.69) is 6.92 Å². The Labute approximate surface area is 98.7 Å². The summed E-state index contributed by atoms with van der Waals surface area (Å²) in [5.41, 5.74) is 6.17. The molecule has 16 heavy (non-hydrogen) atoms. The van der Waals surface area contributed by atoms with Crippen molar-refractivity contribution in [2.24, 2.45) is 5.73 Å². The zero-order valence-corrected chi connectivity index (χ0v) is 10.4. The fraction of sp³-hybridized carbons (Fsp3) is 1.00. The highest BCUT2D eigenvalue weighted by atomic mass is 16.5. The second-order valence-corrected chi connectivity index (χ2v) is 5.44. The molecule has 0 aromatic heterocycles. The van der Waals surface area contributed by atoms with Gasteiger partial charge in [-0.3, -0.25) is 0 Å². The van der Waals surface area contributed by atoms with E-state index in [0.717, 1.165) is 32.5 Å². The van der Waals surface area contributed by atoms with Crippen LogP contribution in [0.4, 0.5) is 0 Å². The van der Waals surface area contributed by atoms with Crippen molar-refractivity contribution in [2.45, 2.75) is 69.6 Å². The van der Waals surface area contributed by atoms with Gasteiger partial charge in [0.2, 0.25) is 0 Å². The lowest BCUT2D eigenvalue weighted by Crippen LogP contribution is -2.45.